The average Bonchev–Trinajstić information content (AvgIpc) is 3.06. The highest BCUT2D eigenvalue weighted by molar-refractivity contribution is 5.85. The summed E-state index contributed by atoms with van der Waals surface area (Å²) in [4.78, 5) is 12.3. The predicted octanol–water partition coefficient (Wildman–Crippen LogP) is 5.58. The molecule has 3 aromatic carbocycles. The first kappa shape index (κ1) is 17.6. The highest BCUT2D eigenvalue weighted by atomic mass is 16.5. The Bertz CT molecular complexity index is 1030. The first-order valence-electron chi connectivity index (χ1n) is 9.04. The monoisotopic (exact) mass is 366 g/mol. The molecule has 136 valence electrons. The van der Waals surface area contributed by atoms with Crippen molar-refractivity contribution in [2.75, 3.05) is 11.9 Å². The van der Waals surface area contributed by atoms with E-state index in [1.165, 1.54) is 28.3 Å². The summed E-state index contributed by atoms with van der Waals surface area (Å²) >= 11 is 0. The molecule has 1 amide bonds. The Kier molecular flexibility index (Phi) is 4.90. The van der Waals surface area contributed by atoms with E-state index in [-0.39, 0.29) is 12.5 Å². The Morgan fingerprint density at radius 2 is 1.57 bits per heavy atom. The lowest BCUT2D eigenvalue weighted by atomic mass is 9.98. The maximum Gasteiger partial charge on any atom is 0.411 e. The molecule has 1 aliphatic rings. The van der Waals surface area contributed by atoms with Crippen molar-refractivity contribution in [1.82, 2.24) is 0 Å². The summed E-state index contributed by atoms with van der Waals surface area (Å²) in [5.74, 6) is 0.0386. The number of hydrogen-bond acceptors (Lipinski definition) is 3. The second-order valence-corrected chi connectivity index (χ2v) is 6.53. The number of benzene rings is 3. The molecule has 4 rings (SSSR count). The molecule has 4 heteroatoms. The van der Waals surface area contributed by atoms with Crippen LogP contribution in [-0.4, -0.2) is 12.7 Å². The number of rotatable bonds is 4. The number of ether oxygens (including phenoxy) is 1. The highest BCUT2D eigenvalue weighted by Crippen LogP contribution is 2.44. The van der Waals surface area contributed by atoms with Gasteiger partial charge in [-0.3, -0.25) is 5.32 Å². The molecule has 0 bridgehead atoms. The molecule has 3 aromatic rings. The lowest BCUT2D eigenvalue weighted by molar-refractivity contribution is 0.158. The molecule has 0 heterocycles. The van der Waals surface area contributed by atoms with E-state index in [0.29, 0.717) is 5.69 Å². The van der Waals surface area contributed by atoms with E-state index < -0.39 is 6.09 Å². The van der Waals surface area contributed by atoms with Gasteiger partial charge in [-0.1, -0.05) is 60.7 Å². The summed E-state index contributed by atoms with van der Waals surface area (Å²) in [6.45, 7) is 0.281. The van der Waals surface area contributed by atoms with Crippen molar-refractivity contribution in [3.63, 3.8) is 0 Å². The molecule has 0 aliphatic heterocycles. The van der Waals surface area contributed by atoms with Gasteiger partial charge in [0, 0.05) is 17.7 Å². The zero-order valence-electron chi connectivity index (χ0n) is 15.1. The normalized spacial score (nSPS) is 12.2. The summed E-state index contributed by atoms with van der Waals surface area (Å²) in [5.41, 5.74) is 6.31. The van der Waals surface area contributed by atoms with Crippen molar-refractivity contribution in [2.45, 2.75) is 5.92 Å². The molecule has 0 unspecified atom stereocenters. The van der Waals surface area contributed by atoms with Crippen molar-refractivity contribution in [2.24, 2.45) is 0 Å². The zero-order valence-corrected chi connectivity index (χ0v) is 15.1. The van der Waals surface area contributed by atoms with Crippen molar-refractivity contribution >= 4 is 17.9 Å². The van der Waals surface area contributed by atoms with E-state index in [0.717, 1.165) is 5.56 Å². The first-order valence-corrected chi connectivity index (χ1v) is 9.04. The minimum atomic E-state index is -0.484. The Labute approximate surface area is 163 Å². The first-order chi connectivity index (χ1) is 13.8. The van der Waals surface area contributed by atoms with Gasteiger partial charge in [0.2, 0.25) is 0 Å². The van der Waals surface area contributed by atoms with Crippen molar-refractivity contribution in [1.29, 1.82) is 5.26 Å². The molecule has 0 saturated carbocycles. The van der Waals surface area contributed by atoms with Crippen LogP contribution < -0.4 is 5.32 Å². The summed E-state index contributed by atoms with van der Waals surface area (Å²) < 4.78 is 5.53. The van der Waals surface area contributed by atoms with Crippen LogP contribution in [0.4, 0.5) is 10.5 Å². The second-order valence-electron chi connectivity index (χ2n) is 6.53. The predicted molar refractivity (Wildman–Crippen MR) is 110 cm³/mol. The van der Waals surface area contributed by atoms with Crippen LogP contribution in [0, 0.1) is 11.3 Å². The fourth-order valence-electron chi connectivity index (χ4n) is 3.56. The van der Waals surface area contributed by atoms with Crippen LogP contribution >= 0.6 is 0 Å². The Hall–Kier alpha value is -3.84. The van der Waals surface area contributed by atoms with E-state index in [1.54, 1.807) is 18.2 Å². The molecule has 1 aliphatic carbocycles. The number of anilines is 1. The van der Waals surface area contributed by atoms with Crippen molar-refractivity contribution < 1.29 is 9.53 Å². The van der Waals surface area contributed by atoms with Crippen LogP contribution in [-0.2, 0) is 4.74 Å². The van der Waals surface area contributed by atoms with E-state index in [4.69, 9.17) is 10.00 Å². The number of hydrogen-bond donors (Lipinski definition) is 1. The van der Waals surface area contributed by atoms with Crippen LogP contribution in [0.15, 0.2) is 78.9 Å². The fraction of sp³-hybridized carbons (Fsp3) is 0.0833. The number of nitriles is 1. The molecule has 0 aromatic heterocycles. The van der Waals surface area contributed by atoms with Gasteiger partial charge in [-0.2, -0.15) is 5.26 Å². The largest absolute Gasteiger partial charge is 0.448 e. The molecule has 0 radical (unpaired) electrons. The third kappa shape index (κ3) is 3.51. The SMILES string of the molecule is N#C/C=C/c1ccc(NC(=O)OCC2c3ccccc3-c3ccccc32)cc1. The van der Waals surface area contributed by atoms with Crippen LogP contribution in [0.3, 0.4) is 0 Å². The molecule has 0 fully saturated rings. The summed E-state index contributed by atoms with van der Waals surface area (Å²) in [6.07, 6.45) is 2.63. The zero-order chi connectivity index (χ0) is 19.3. The maximum atomic E-state index is 12.3. The van der Waals surface area contributed by atoms with Crippen LogP contribution in [0.5, 0.6) is 0 Å². The number of carbonyl (C=O) groups is 1. The maximum absolute atomic E-state index is 12.3. The third-order valence-corrected chi connectivity index (χ3v) is 4.85. The topological polar surface area (TPSA) is 62.1 Å². The van der Waals surface area contributed by atoms with Gasteiger partial charge in [0.1, 0.15) is 6.61 Å². The Morgan fingerprint density at radius 3 is 2.18 bits per heavy atom. The molecular formula is C24H18N2O2. The fourth-order valence-corrected chi connectivity index (χ4v) is 3.56. The van der Waals surface area contributed by atoms with Crippen molar-refractivity contribution in [3.8, 4) is 17.2 Å². The number of nitrogens with zero attached hydrogens (tertiary/aromatic N) is 1. The lowest BCUT2D eigenvalue weighted by Gasteiger charge is -2.14. The van der Waals surface area contributed by atoms with E-state index in [2.05, 4.69) is 29.6 Å². The summed E-state index contributed by atoms with van der Waals surface area (Å²) in [5, 5.41) is 11.3. The van der Waals surface area contributed by atoms with Gasteiger partial charge in [0.05, 0.1) is 6.07 Å². The molecule has 0 spiro atoms. The van der Waals surface area contributed by atoms with Gasteiger partial charge in [0.15, 0.2) is 0 Å². The summed E-state index contributed by atoms with van der Waals surface area (Å²) in [7, 11) is 0. The molecular weight excluding hydrogens is 348 g/mol. The van der Waals surface area contributed by atoms with E-state index >= 15 is 0 Å². The molecule has 0 saturated heterocycles. The minimum absolute atomic E-state index is 0.0386. The van der Waals surface area contributed by atoms with Crippen molar-refractivity contribution in [3.05, 3.63) is 95.6 Å². The molecule has 28 heavy (non-hydrogen) atoms. The van der Waals surface area contributed by atoms with Gasteiger partial charge < -0.3 is 4.74 Å². The lowest BCUT2D eigenvalue weighted by Crippen LogP contribution is -2.17. The number of carbonyl (C=O) groups excluding carboxylic acids is 1. The van der Waals surface area contributed by atoms with Gasteiger partial charge in [0.25, 0.3) is 0 Å². The van der Waals surface area contributed by atoms with E-state index in [1.807, 2.05) is 42.5 Å². The number of allylic oxidation sites excluding steroid dienone is 1. The average molecular weight is 366 g/mol. The van der Waals surface area contributed by atoms with Gasteiger partial charge in [-0.15, -0.1) is 0 Å². The van der Waals surface area contributed by atoms with Crippen LogP contribution in [0.25, 0.3) is 17.2 Å². The second kappa shape index (κ2) is 7.81. The highest BCUT2D eigenvalue weighted by Gasteiger charge is 2.28. The minimum Gasteiger partial charge on any atom is -0.448 e. The van der Waals surface area contributed by atoms with Crippen LogP contribution in [0.1, 0.15) is 22.6 Å². The van der Waals surface area contributed by atoms with Crippen LogP contribution in [0.2, 0.25) is 0 Å². The molecule has 0 atom stereocenters. The smallest absolute Gasteiger partial charge is 0.411 e. The molecule has 4 nitrogen and oxygen atoms in total. The quantitative estimate of drug-likeness (QED) is 0.613. The number of nitrogens with one attached hydrogen (secondary N) is 1. The Morgan fingerprint density at radius 1 is 0.964 bits per heavy atom. The number of amides is 1. The molecule has 1 N–H and O–H groups in total. The Balaban J connectivity index is 1.43. The third-order valence-electron chi connectivity index (χ3n) is 4.85. The number of fused-ring (bicyclic) bond motifs is 3. The van der Waals surface area contributed by atoms with E-state index in [9.17, 15) is 4.79 Å². The van der Waals surface area contributed by atoms with Gasteiger partial charge in [-0.25, -0.2) is 4.79 Å². The summed E-state index contributed by atoms with van der Waals surface area (Å²) in [6, 6.07) is 25.6. The van der Waals surface area contributed by atoms with Gasteiger partial charge >= 0.3 is 6.09 Å². The van der Waals surface area contributed by atoms with Gasteiger partial charge in [-0.05, 0) is 46.0 Å². The standard InChI is InChI=1S/C24H18N2O2/c25-15-5-6-17-11-13-18(14-12-17)26-24(27)28-16-23-21-9-3-1-7-19(21)20-8-2-4-10-22(20)23/h1-14,23H,16H2,(H,26,27)/b6-5+.